The van der Waals surface area contributed by atoms with E-state index in [2.05, 4.69) is 22.1 Å². The van der Waals surface area contributed by atoms with E-state index in [0.29, 0.717) is 11.0 Å². The Bertz CT molecular complexity index is 699. The van der Waals surface area contributed by atoms with E-state index in [4.69, 9.17) is 4.74 Å². The molecule has 1 aromatic carbocycles. The molecule has 0 saturated carbocycles. The Hall–Kier alpha value is -1.92. The molecule has 0 spiro atoms. The first-order chi connectivity index (χ1) is 11.6. The van der Waals surface area contributed by atoms with Gasteiger partial charge >= 0.3 is 0 Å². The molecule has 5 nitrogen and oxygen atoms in total. The summed E-state index contributed by atoms with van der Waals surface area (Å²) < 4.78 is 5.17. The highest BCUT2D eigenvalue weighted by atomic mass is 32.1. The number of benzene rings is 1. The lowest BCUT2D eigenvalue weighted by atomic mass is 10.2. The Morgan fingerprint density at radius 3 is 2.79 bits per heavy atom. The number of carbonyl (C=O) groups excluding carboxylic acids is 1. The van der Waals surface area contributed by atoms with E-state index in [-0.39, 0.29) is 11.9 Å². The second-order valence-electron chi connectivity index (χ2n) is 6.32. The van der Waals surface area contributed by atoms with Crippen molar-refractivity contribution in [2.45, 2.75) is 26.3 Å². The normalized spacial score (nSPS) is 19.2. The molecule has 0 bridgehead atoms. The van der Waals surface area contributed by atoms with E-state index in [9.17, 15) is 4.79 Å². The van der Waals surface area contributed by atoms with Crippen LogP contribution in [0.4, 0.5) is 5.13 Å². The minimum absolute atomic E-state index is 0.0136. The Balaban J connectivity index is 1.63. The molecule has 1 aromatic heterocycles. The molecule has 2 aromatic rings. The molecule has 6 heteroatoms. The Kier molecular flexibility index (Phi) is 5.16. The summed E-state index contributed by atoms with van der Waals surface area (Å²) in [7, 11) is 1.65. The minimum Gasteiger partial charge on any atom is -0.497 e. The van der Waals surface area contributed by atoms with E-state index in [1.54, 1.807) is 7.11 Å². The monoisotopic (exact) mass is 345 g/mol. The fraction of sp³-hybridized carbons (Fsp3) is 0.444. The van der Waals surface area contributed by atoms with Crippen LogP contribution in [0.5, 0.6) is 5.75 Å². The van der Waals surface area contributed by atoms with Crippen molar-refractivity contribution < 1.29 is 9.53 Å². The molecule has 1 N–H and O–H groups in total. The van der Waals surface area contributed by atoms with Gasteiger partial charge in [-0.25, -0.2) is 4.98 Å². The lowest BCUT2D eigenvalue weighted by Crippen LogP contribution is -2.40. The molecule has 1 fully saturated rings. The van der Waals surface area contributed by atoms with Crippen LogP contribution in [0.25, 0.3) is 11.3 Å². The van der Waals surface area contributed by atoms with Crippen LogP contribution in [0.3, 0.4) is 0 Å². The predicted octanol–water partition coefficient (Wildman–Crippen LogP) is 3.49. The SMILES string of the molecule is COc1ccc(-c2csc(NC(=O)C(C)N3CCC(C)C3)n2)cc1. The summed E-state index contributed by atoms with van der Waals surface area (Å²) in [6.07, 6.45) is 1.16. The molecule has 128 valence electrons. The van der Waals surface area contributed by atoms with Crippen LogP contribution in [-0.2, 0) is 4.79 Å². The van der Waals surface area contributed by atoms with E-state index in [1.165, 1.54) is 11.3 Å². The Labute approximate surface area is 146 Å². The quantitative estimate of drug-likeness (QED) is 0.901. The summed E-state index contributed by atoms with van der Waals surface area (Å²) >= 11 is 1.45. The van der Waals surface area contributed by atoms with Crippen molar-refractivity contribution in [2.75, 3.05) is 25.5 Å². The Morgan fingerprint density at radius 2 is 2.17 bits per heavy atom. The van der Waals surface area contributed by atoms with Crippen molar-refractivity contribution in [2.24, 2.45) is 5.92 Å². The van der Waals surface area contributed by atoms with Crippen LogP contribution in [0.1, 0.15) is 20.3 Å². The third-order valence-electron chi connectivity index (χ3n) is 4.50. The third kappa shape index (κ3) is 3.76. The van der Waals surface area contributed by atoms with Gasteiger partial charge in [-0.1, -0.05) is 6.92 Å². The van der Waals surface area contributed by atoms with Gasteiger partial charge < -0.3 is 10.1 Å². The first-order valence-corrected chi connectivity index (χ1v) is 9.09. The maximum absolute atomic E-state index is 12.4. The molecule has 2 unspecified atom stereocenters. The number of rotatable bonds is 5. The van der Waals surface area contributed by atoms with Gasteiger partial charge in [0.25, 0.3) is 0 Å². The Morgan fingerprint density at radius 1 is 1.42 bits per heavy atom. The molecule has 24 heavy (non-hydrogen) atoms. The first-order valence-electron chi connectivity index (χ1n) is 8.21. The summed E-state index contributed by atoms with van der Waals surface area (Å²) in [5.41, 5.74) is 1.87. The van der Waals surface area contributed by atoms with Gasteiger partial charge in [0.1, 0.15) is 5.75 Å². The number of aromatic nitrogens is 1. The van der Waals surface area contributed by atoms with Crippen LogP contribution in [-0.4, -0.2) is 42.0 Å². The van der Waals surface area contributed by atoms with E-state index >= 15 is 0 Å². The minimum atomic E-state index is -0.122. The van der Waals surface area contributed by atoms with Gasteiger partial charge in [0.05, 0.1) is 18.8 Å². The zero-order valence-electron chi connectivity index (χ0n) is 14.3. The van der Waals surface area contributed by atoms with E-state index < -0.39 is 0 Å². The highest BCUT2D eigenvalue weighted by Crippen LogP contribution is 2.27. The van der Waals surface area contributed by atoms with Crippen molar-refractivity contribution in [1.82, 2.24) is 9.88 Å². The zero-order valence-corrected chi connectivity index (χ0v) is 15.1. The summed E-state index contributed by atoms with van der Waals surface area (Å²) in [5, 5.41) is 5.55. The summed E-state index contributed by atoms with van der Waals surface area (Å²) in [4.78, 5) is 19.2. The molecule has 3 rings (SSSR count). The molecular formula is C18H23N3O2S. The van der Waals surface area contributed by atoms with Gasteiger partial charge in [-0.3, -0.25) is 9.69 Å². The topological polar surface area (TPSA) is 54.5 Å². The maximum atomic E-state index is 12.4. The first kappa shape index (κ1) is 16.9. The maximum Gasteiger partial charge on any atom is 0.243 e. The highest BCUT2D eigenvalue weighted by Gasteiger charge is 2.27. The largest absolute Gasteiger partial charge is 0.497 e. The molecule has 1 aliphatic heterocycles. The van der Waals surface area contributed by atoms with Crippen LogP contribution < -0.4 is 10.1 Å². The molecule has 2 atom stereocenters. The van der Waals surface area contributed by atoms with Gasteiger partial charge in [-0.05, 0) is 50.1 Å². The average molecular weight is 345 g/mol. The van der Waals surface area contributed by atoms with Crippen LogP contribution in [0.2, 0.25) is 0 Å². The third-order valence-corrected chi connectivity index (χ3v) is 5.26. The van der Waals surface area contributed by atoms with Crippen LogP contribution in [0, 0.1) is 5.92 Å². The summed E-state index contributed by atoms with van der Waals surface area (Å²) in [6, 6.07) is 7.62. The number of hydrogen-bond acceptors (Lipinski definition) is 5. The van der Waals surface area contributed by atoms with Crippen molar-refractivity contribution in [3.63, 3.8) is 0 Å². The smallest absolute Gasteiger partial charge is 0.243 e. The summed E-state index contributed by atoms with van der Waals surface area (Å²) in [6.45, 7) is 6.17. The number of hydrogen-bond donors (Lipinski definition) is 1. The number of likely N-dealkylation sites (tertiary alicyclic amines) is 1. The number of carbonyl (C=O) groups is 1. The van der Waals surface area contributed by atoms with Crippen LogP contribution in [0.15, 0.2) is 29.6 Å². The molecule has 0 aliphatic carbocycles. The number of ether oxygens (including phenoxy) is 1. The molecule has 1 saturated heterocycles. The van der Waals surface area contributed by atoms with E-state index in [0.717, 1.165) is 36.5 Å². The van der Waals surface area contributed by atoms with E-state index in [1.807, 2.05) is 36.6 Å². The lowest BCUT2D eigenvalue weighted by Gasteiger charge is -2.22. The molecule has 1 amide bonds. The number of methoxy groups -OCH3 is 1. The molecule has 2 heterocycles. The number of nitrogens with zero attached hydrogens (tertiary/aromatic N) is 2. The summed E-state index contributed by atoms with van der Waals surface area (Å²) in [5.74, 6) is 1.50. The number of amides is 1. The standard InChI is InChI=1S/C18H23N3O2S/c1-12-8-9-21(10-12)13(2)17(22)20-18-19-16(11-24-18)14-4-6-15(23-3)7-5-14/h4-7,11-13H,8-10H2,1-3H3,(H,19,20,22). The van der Waals surface area contributed by atoms with Crippen molar-refractivity contribution in [3.8, 4) is 17.0 Å². The average Bonchev–Trinajstić information content (AvgIpc) is 3.23. The van der Waals surface area contributed by atoms with Crippen molar-refractivity contribution in [1.29, 1.82) is 0 Å². The second kappa shape index (κ2) is 7.32. The van der Waals surface area contributed by atoms with Gasteiger partial charge in [-0.15, -0.1) is 11.3 Å². The van der Waals surface area contributed by atoms with Crippen molar-refractivity contribution >= 4 is 22.4 Å². The van der Waals surface area contributed by atoms with Gasteiger partial charge in [0, 0.05) is 17.5 Å². The van der Waals surface area contributed by atoms with Crippen LogP contribution >= 0.6 is 11.3 Å². The highest BCUT2D eigenvalue weighted by molar-refractivity contribution is 7.14. The zero-order chi connectivity index (χ0) is 17.1. The second-order valence-corrected chi connectivity index (χ2v) is 7.18. The van der Waals surface area contributed by atoms with Gasteiger partial charge in [0.2, 0.25) is 5.91 Å². The lowest BCUT2D eigenvalue weighted by molar-refractivity contribution is -0.120. The molecule has 0 radical (unpaired) electrons. The number of thiazole rings is 1. The van der Waals surface area contributed by atoms with Gasteiger partial charge in [-0.2, -0.15) is 0 Å². The predicted molar refractivity (Wildman–Crippen MR) is 97.5 cm³/mol. The molecule has 1 aliphatic rings. The fourth-order valence-electron chi connectivity index (χ4n) is 2.92. The number of anilines is 1. The fourth-order valence-corrected chi connectivity index (χ4v) is 3.64. The van der Waals surface area contributed by atoms with Crippen molar-refractivity contribution in [3.05, 3.63) is 29.6 Å². The number of nitrogens with one attached hydrogen (secondary N) is 1. The van der Waals surface area contributed by atoms with Gasteiger partial charge in [0.15, 0.2) is 5.13 Å². The molecular weight excluding hydrogens is 322 g/mol.